The Labute approximate surface area is 102 Å². The highest BCUT2D eigenvalue weighted by Gasteiger charge is 2.42. The molecule has 0 radical (unpaired) electrons. The van der Waals surface area contributed by atoms with Gasteiger partial charge in [-0.2, -0.15) is 0 Å². The van der Waals surface area contributed by atoms with E-state index in [1.807, 2.05) is 0 Å². The number of nitro benzene ring substituents is 1. The molecule has 2 N–H and O–H groups in total. The molecule has 98 valence electrons. The van der Waals surface area contributed by atoms with Gasteiger partial charge in [-0.3, -0.25) is 10.1 Å². The molecular weight excluding hydrogens is 246 g/mol. The summed E-state index contributed by atoms with van der Waals surface area (Å²) in [7, 11) is 0. The lowest BCUT2D eigenvalue weighted by Crippen LogP contribution is -2.20. The maximum Gasteiger partial charge on any atom is 0.295 e. The van der Waals surface area contributed by atoms with Crippen LogP contribution in [-0.2, 0) is 0 Å². The Bertz CT molecular complexity index is 489. The molecular formula is C11H12F2N2O3. The van der Waals surface area contributed by atoms with Crippen LogP contribution in [-0.4, -0.2) is 23.2 Å². The zero-order valence-corrected chi connectivity index (χ0v) is 9.45. The van der Waals surface area contributed by atoms with Gasteiger partial charge in [0.2, 0.25) is 0 Å². The lowest BCUT2D eigenvalue weighted by molar-refractivity contribution is -0.384. The zero-order chi connectivity index (χ0) is 13.3. The minimum atomic E-state index is -1.27. The van der Waals surface area contributed by atoms with Crippen LogP contribution >= 0.6 is 0 Å². The van der Waals surface area contributed by atoms with E-state index in [2.05, 4.69) is 5.32 Å². The van der Waals surface area contributed by atoms with Crippen LogP contribution in [0.1, 0.15) is 12.8 Å². The van der Waals surface area contributed by atoms with Crippen molar-refractivity contribution in [2.75, 3.05) is 18.5 Å². The van der Waals surface area contributed by atoms with Crippen LogP contribution in [0.4, 0.5) is 20.2 Å². The van der Waals surface area contributed by atoms with Gasteiger partial charge in [-0.25, -0.2) is 8.78 Å². The van der Waals surface area contributed by atoms with E-state index in [-0.39, 0.29) is 18.6 Å². The predicted molar refractivity (Wildman–Crippen MR) is 60.3 cm³/mol. The largest absolute Gasteiger partial charge is 0.396 e. The number of hydrogen-bond acceptors (Lipinski definition) is 4. The first-order chi connectivity index (χ1) is 8.49. The van der Waals surface area contributed by atoms with Gasteiger partial charge in [0.1, 0.15) is 0 Å². The summed E-state index contributed by atoms with van der Waals surface area (Å²) in [5, 5.41) is 22.4. The number of nitro groups is 1. The normalized spacial score (nSPS) is 16.4. The predicted octanol–water partition coefficient (Wildman–Crippen LogP) is 2.06. The van der Waals surface area contributed by atoms with Crippen molar-refractivity contribution in [3.63, 3.8) is 0 Å². The lowest BCUT2D eigenvalue weighted by Gasteiger charge is -2.14. The molecule has 0 saturated heterocycles. The molecule has 2 rings (SSSR count). The van der Waals surface area contributed by atoms with E-state index in [0.29, 0.717) is 0 Å². The number of nitrogens with zero attached hydrogens (tertiary/aromatic N) is 1. The molecule has 1 aliphatic rings. The molecule has 1 aliphatic carbocycles. The van der Waals surface area contributed by atoms with Crippen molar-refractivity contribution in [2.24, 2.45) is 5.41 Å². The van der Waals surface area contributed by atoms with E-state index >= 15 is 0 Å². The Hall–Kier alpha value is -1.76. The lowest BCUT2D eigenvalue weighted by atomic mass is 10.1. The SMILES string of the molecule is O=[N+]([O-])c1ccc(F)c(F)c1NCC1(CO)CC1. The molecule has 0 aliphatic heterocycles. The van der Waals surface area contributed by atoms with Crippen LogP contribution in [0, 0.1) is 27.2 Å². The Kier molecular flexibility index (Phi) is 3.16. The minimum absolute atomic E-state index is 0.0786. The molecule has 0 atom stereocenters. The van der Waals surface area contributed by atoms with Crippen LogP contribution in [0.25, 0.3) is 0 Å². The summed E-state index contributed by atoms with van der Waals surface area (Å²) in [6, 6.07) is 1.64. The zero-order valence-electron chi connectivity index (χ0n) is 9.45. The third-order valence-electron chi connectivity index (χ3n) is 3.20. The van der Waals surface area contributed by atoms with E-state index in [0.717, 1.165) is 25.0 Å². The molecule has 1 saturated carbocycles. The maximum atomic E-state index is 13.5. The average molecular weight is 258 g/mol. The second-order valence-corrected chi connectivity index (χ2v) is 4.52. The molecule has 0 bridgehead atoms. The summed E-state index contributed by atoms with van der Waals surface area (Å²) in [6.45, 7) is 0.107. The van der Waals surface area contributed by atoms with Crippen molar-refractivity contribution in [2.45, 2.75) is 12.8 Å². The minimum Gasteiger partial charge on any atom is -0.396 e. The highest BCUT2D eigenvalue weighted by atomic mass is 19.2. The van der Waals surface area contributed by atoms with Gasteiger partial charge in [0.25, 0.3) is 5.69 Å². The fraction of sp³-hybridized carbons (Fsp3) is 0.455. The number of benzene rings is 1. The van der Waals surface area contributed by atoms with Crippen molar-refractivity contribution < 1.29 is 18.8 Å². The number of halogens is 2. The summed E-state index contributed by atoms with van der Waals surface area (Å²) in [4.78, 5) is 9.95. The molecule has 5 nitrogen and oxygen atoms in total. The highest BCUT2D eigenvalue weighted by molar-refractivity contribution is 5.62. The molecule has 1 aromatic carbocycles. The average Bonchev–Trinajstić information content (AvgIpc) is 3.11. The van der Waals surface area contributed by atoms with Gasteiger partial charge >= 0.3 is 0 Å². The number of rotatable bonds is 5. The van der Waals surface area contributed by atoms with Crippen LogP contribution < -0.4 is 5.32 Å². The summed E-state index contributed by atoms with van der Waals surface area (Å²) in [6.07, 6.45) is 1.53. The molecule has 7 heteroatoms. The van der Waals surface area contributed by atoms with E-state index in [9.17, 15) is 18.9 Å². The number of anilines is 1. The molecule has 0 amide bonds. The fourth-order valence-electron chi connectivity index (χ4n) is 1.70. The summed E-state index contributed by atoms with van der Waals surface area (Å²) in [5.74, 6) is -2.41. The number of hydrogen-bond donors (Lipinski definition) is 2. The Morgan fingerprint density at radius 1 is 1.44 bits per heavy atom. The number of aliphatic hydroxyl groups excluding tert-OH is 1. The van der Waals surface area contributed by atoms with Crippen LogP contribution in [0.5, 0.6) is 0 Å². The van der Waals surface area contributed by atoms with Crippen molar-refractivity contribution in [3.05, 3.63) is 33.9 Å². The van der Waals surface area contributed by atoms with Gasteiger partial charge in [-0.1, -0.05) is 0 Å². The van der Waals surface area contributed by atoms with Gasteiger partial charge in [0.05, 0.1) is 11.5 Å². The standard InChI is InChI=1S/C11H12F2N2O3/c12-7-1-2-8(15(17)18)10(9(7)13)14-5-11(6-16)3-4-11/h1-2,14,16H,3-6H2. The number of aliphatic hydroxyl groups is 1. The second-order valence-electron chi connectivity index (χ2n) is 4.52. The third-order valence-corrected chi connectivity index (χ3v) is 3.20. The van der Waals surface area contributed by atoms with Gasteiger partial charge in [-0.05, 0) is 18.9 Å². The van der Waals surface area contributed by atoms with Gasteiger partial charge in [0, 0.05) is 18.0 Å². The molecule has 0 heterocycles. The summed E-state index contributed by atoms with van der Waals surface area (Å²) in [5.41, 5.74) is -1.32. The first-order valence-electron chi connectivity index (χ1n) is 5.46. The van der Waals surface area contributed by atoms with Crippen molar-refractivity contribution >= 4 is 11.4 Å². The van der Waals surface area contributed by atoms with Crippen molar-refractivity contribution in [3.8, 4) is 0 Å². The summed E-state index contributed by atoms with van der Waals surface area (Å²) >= 11 is 0. The van der Waals surface area contributed by atoms with Gasteiger partial charge in [0.15, 0.2) is 17.3 Å². The Morgan fingerprint density at radius 3 is 2.61 bits per heavy atom. The first kappa shape index (κ1) is 12.7. The van der Waals surface area contributed by atoms with Gasteiger partial charge < -0.3 is 10.4 Å². The van der Waals surface area contributed by atoms with E-state index in [4.69, 9.17) is 5.11 Å². The number of nitrogens with one attached hydrogen (secondary N) is 1. The van der Waals surface area contributed by atoms with E-state index < -0.39 is 27.9 Å². The maximum absolute atomic E-state index is 13.5. The van der Waals surface area contributed by atoms with Crippen LogP contribution in [0.2, 0.25) is 0 Å². The fourth-order valence-corrected chi connectivity index (χ4v) is 1.70. The van der Waals surface area contributed by atoms with E-state index in [1.165, 1.54) is 0 Å². The van der Waals surface area contributed by atoms with Crippen molar-refractivity contribution in [1.82, 2.24) is 0 Å². The highest BCUT2D eigenvalue weighted by Crippen LogP contribution is 2.45. The molecule has 0 spiro atoms. The van der Waals surface area contributed by atoms with Gasteiger partial charge in [-0.15, -0.1) is 0 Å². The third kappa shape index (κ3) is 2.26. The molecule has 0 aromatic heterocycles. The quantitative estimate of drug-likeness (QED) is 0.626. The smallest absolute Gasteiger partial charge is 0.295 e. The second kappa shape index (κ2) is 4.49. The Morgan fingerprint density at radius 2 is 2.11 bits per heavy atom. The first-order valence-corrected chi connectivity index (χ1v) is 5.46. The van der Waals surface area contributed by atoms with Crippen molar-refractivity contribution in [1.29, 1.82) is 0 Å². The van der Waals surface area contributed by atoms with Crippen LogP contribution in [0.3, 0.4) is 0 Å². The summed E-state index contributed by atoms with van der Waals surface area (Å²) < 4.78 is 26.6. The molecule has 0 unspecified atom stereocenters. The topological polar surface area (TPSA) is 75.4 Å². The molecule has 1 fully saturated rings. The molecule has 18 heavy (non-hydrogen) atoms. The Balaban J connectivity index is 2.24. The van der Waals surface area contributed by atoms with E-state index in [1.54, 1.807) is 0 Å². The monoisotopic (exact) mass is 258 g/mol. The van der Waals surface area contributed by atoms with Crippen LogP contribution in [0.15, 0.2) is 12.1 Å². The molecule has 1 aromatic rings.